The fourth-order valence-electron chi connectivity index (χ4n) is 4.36. The molecule has 1 aliphatic heterocycles. The number of hydrogen-bond acceptors (Lipinski definition) is 6. The molecule has 1 aliphatic rings. The predicted molar refractivity (Wildman–Crippen MR) is 145 cm³/mol. The Balaban J connectivity index is 1.59. The highest BCUT2D eigenvalue weighted by molar-refractivity contribution is 5.81. The van der Waals surface area contributed by atoms with Gasteiger partial charge in [-0.3, -0.25) is 4.90 Å². The molecule has 0 radical (unpaired) electrons. The van der Waals surface area contributed by atoms with Gasteiger partial charge >= 0.3 is 18.1 Å². The van der Waals surface area contributed by atoms with E-state index >= 15 is 0 Å². The molecule has 0 bridgehead atoms. The summed E-state index contributed by atoms with van der Waals surface area (Å²) < 4.78 is 10.2. The van der Waals surface area contributed by atoms with Crippen LogP contribution < -0.4 is 5.32 Å². The first-order valence-corrected chi connectivity index (χ1v) is 13.1. The number of benzene rings is 2. The summed E-state index contributed by atoms with van der Waals surface area (Å²) in [7, 11) is 1.31. The molecule has 206 valence electrons. The van der Waals surface area contributed by atoms with Crippen LogP contribution in [0.5, 0.6) is 0 Å². The van der Waals surface area contributed by atoms with Crippen molar-refractivity contribution in [2.24, 2.45) is 0 Å². The SMILES string of the molecule is COC(=O)[C@H](CCCCN1CN(Cc2ccccc2)C(=O)N(Cc2ccccc2)C1)NC(=O)OC(C)(C)C. The van der Waals surface area contributed by atoms with Crippen LogP contribution in [0.25, 0.3) is 0 Å². The molecule has 9 nitrogen and oxygen atoms in total. The summed E-state index contributed by atoms with van der Waals surface area (Å²) in [4.78, 5) is 43.7. The van der Waals surface area contributed by atoms with Gasteiger partial charge in [0.25, 0.3) is 0 Å². The highest BCUT2D eigenvalue weighted by atomic mass is 16.6. The average Bonchev–Trinajstić information content (AvgIpc) is 2.88. The van der Waals surface area contributed by atoms with E-state index in [0.717, 1.165) is 24.1 Å². The van der Waals surface area contributed by atoms with Crippen molar-refractivity contribution in [3.63, 3.8) is 0 Å². The van der Waals surface area contributed by atoms with Gasteiger partial charge in [-0.2, -0.15) is 0 Å². The number of amides is 3. The number of urea groups is 1. The lowest BCUT2D eigenvalue weighted by molar-refractivity contribution is -0.143. The molecule has 1 saturated heterocycles. The Morgan fingerprint density at radius 1 is 0.895 bits per heavy atom. The average molecular weight is 525 g/mol. The predicted octanol–water partition coefficient (Wildman–Crippen LogP) is 4.58. The molecule has 1 atom stereocenters. The number of alkyl carbamates (subject to hydrolysis) is 1. The van der Waals surface area contributed by atoms with Crippen LogP contribution >= 0.6 is 0 Å². The fourth-order valence-corrected chi connectivity index (χ4v) is 4.36. The second-order valence-corrected chi connectivity index (χ2v) is 10.5. The van der Waals surface area contributed by atoms with Crippen LogP contribution in [0, 0.1) is 0 Å². The van der Waals surface area contributed by atoms with Crippen LogP contribution in [0.4, 0.5) is 9.59 Å². The van der Waals surface area contributed by atoms with Gasteiger partial charge in [0.05, 0.1) is 20.4 Å². The van der Waals surface area contributed by atoms with Crippen molar-refractivity contribution in [1.29, 1.82) is 0 Å². The number of carbonyl (C=O) groups is 3. The zero-order valence-corrected chi connectivity index (χ0v) is 22.9. The zero-order chi connectivity index (χ0) is 27.5. The van der Waals surface area contributed by atoms with Crippen molar-refractivity contribution >= 4 is 18.1 Å². The van der Waals surface area contributed by atoms with Gasteiger partial charge in [-0.05, 0) is 51.2 Å². The highest BCUT2D eigenvalue weighted by Gasteiger charge is 2.30. The van der Waals surface area contributed by atoms with Crippen molar-refractivity contribution < 1.29 is 23.9 Å². The van der Waals surface area contributed by atoms with Gasteiger partial charge in [0, 0.05) is 19.6 Å². The molecule has 0 aliphatic carbocycles. The standard InChI is InChI=1S/C29H40N4O5/c1-29(2,3)38-27(35)30-25(26(34)37-4)17-11-12-18-31-21-32(19-23-13-7-5-8-14-23)28(36)33(22-31)20-24-15-9-6-10-16-24/h5-10,13-16,25H,11-12,17-22H2,1-4H3,(H,30,35)/t25-/m0/s1. The van der Waals surface area contributed by atoms with E-state index in [-0.39, 0.29) is 6.03 Å². The molecule has 0 unspecified atom stereocenters. The first-order chi connectivity index (χ1) is 18.1. The third-order valence-electron chi connectivity index (χ3n) is 6.11. The Morgan fingerprint density at radius 3 is 1.89 bits per heavy atom. The minimum Gasteiger partial charge on any atom is -0.467 e. The number of esters is 1. The first kappa shape index (κ1) is 29.0. The molecule has 1 heterocycles. The van der Waals surface area contributed by atoms with Crippen LogP contribution in [-0.2, 0) is 27.4 Å². The summed E-state index contributed by atoms with van der Waals surface area (Å²) in [5.74, 6) is -0.498. The topological polar surface area (TPSA) is 91.4 Å². The summed E-state index contributed by atoms with van der Waals surface area (Å²) in [6.45, 7) is 8.16. The van der Waals surface area contributed by atoms with Gasteiger partial charge in [0.1, 0.15) is 11.6 Å². The van der Waals surface area contributed by atoms with E-state index in [0.29, 0.717) is 39.3 Å². The molecule has 3 amide bonds. The molecule has 9 heteroatoms. The minimum atomic E-state index is -0.776. The van der Waals surface area contributed by atoms with Crippen molar-refractivity contribution in [3.05, 3.63) is 71.8 Å². The quantitative estimate of drug-likeness (QED) is 0.342. The molecule has 38 heavy (non-hydrogen) atoms. The summed E-state index contributed by atoms with van der Waals surface area (Å²) in [5, 5.41) is 2.63. The number of nitrogens with zero attached hydrogens (tertiary/aromatic N) is 3. The van der Waals surface area contributed by atoms with E-state index in [2.05, 4.69) is 10.2 Å². The van der Waals surface area contributed by atoms with Gasteiger partial charge in [0.2, 0.25) is 0 Å². The maximum Gasteiger partial charge on any atom is 0.408 e. The van der Waals surface area contributed by atoms with Gasteiger partial charge in [-0.15, -0.1) is 0 Å². The Bertz CT molecular complexity index is 988. The van der Waals surface area contributed by atoms with E-state index < -0.39 is 23.7 Å². The largest absolute Gasteiger partial charge is 0.467 e. The van der Waals surface area contributed by atoms with Crippen LogP contribution in [0.3, 0.4) is 0 Å². The molecule has 1 N–H and O–H groups in total. The van der Waals surface area contributed by atoms with Crippen molar-refractivity contribution in [2.45, 2.75) is 64.8 Å². The van der Waals surface area contributed by atoms with Gasteiger partial charge in [-0.1, -0.05) is 60.7 Å². The van der Waals surface area contributed by atoms with Crippen molar-refractivity contribution in [3.8, 4) is 0 Å². The number of hydrogen-bond donors (Lipinski definition) is 1. The molecular formula is C29H40N4O5. The normalized spacial score (nSPS) is 15.2. The van der Waals surface area contributed by atoms with Gasteiger partial charge < -0.3 is 24.6 Å². The van der Waals surface area contributed by atoms with E-state index in [1.165, 1.54) is 7.11 Å². The maximum atomic E-state index is 13.3. The number of methoxy groups -OCH3 is 1. The molecule has 0 saturated carbocycles. The van der Waals surface area contributed by atoms with Crippen LogP contribution in [0.2, 0.25) is 0 Å². The molecule has 0 aromatic heterocycles. The molecule has 0 spiro atoms. The third kappa shape index (κ3) is 9.37. The minimum absolute atomic E-state index is 0.0151. The molecule has 3 rings (SSSR count). The molecule has 2 aromatic carbocycles. The number of rotatable bonds is 11. The summed E-state index contributed by atoms with van der Waals surface area (Å²) in [5.41, 5.74) is 1.50. The van der Waals surface area contributed by atoms with Crippen LogP contribution in [0.15, 0.2) is 60.7 Å². The van der Waals surface area contributed by atoms with Crippen LogP contribution in [0.1, 0.15) is 51.2 Å². The summed E-state index contributed by atoms with van der Waals surface area (Å²) in [6, 6.07) is 19.2. The van der Waals surface area contributed by atoms with Gasteiger partial charge in [0.15, 0.2) is 0 Å². The molecule has 2 aromatic rings. The van der Waals surface area contributed by atoms with Gasteiger partial charge in [-0.25, -0.2) is 14.4 Å². The Hall–Kier alpha value is -3.59. The van der Waals surface area contributed by atoms with Crippen molar-refractivity contribution in [1.82, 2.24) is 20.0 Å². The smallest absolute Gasteiger partial charge is 0.408 e. The number of unbranched alkanes of at least 4 members (excludes halogenated alkanes) is 1. The van der Waals surface area contributed by atoms with Crippen LogP contribution in [-0.4, -0.2) is 71.4 Å². The third-order valence-corrected chi connectivity index (χ3v) is 6.11. The second kappa shape index (κ2) is 13.8. The Morgan fingerprint density at radius 2 is 1.42 bits per heavy atom. The first-order valence-electron chi connectivity index (χ1n) is 13.1. The van der Waals surface area contributed by atoms with E-state index in [4.69, 9.17) is 9.47 Å². The lowest BCUT2D eigenvalue weighted by Gasteiger charge is -2.42. The van der Waals surface area contributed by atoms with E-state index in [1.54, 1.807) is 20.8 Å². The second-order valence-electron chi connectivity index (χ2n) is 10.5. The lowest BCUT2D eigenvalue weighted by Crippen LogP contribution is -2.57. The number of ether oxygens (including phenoxy) is 2. The zero-order valence-electron chi connectivity index (χ0n) is 22.9. The molecule has 1 fully saturated rings. The molecular weight excluding hydrogens is 484 g/mol. The summed E-state index contributed by atoms with van der Waals surface area (Å²) in [6.07, 6.45) is 1.27. The number of carbonyl (C=O) groups excluding carboxylic acids is 3. The van der Waals surface area contributed by atoms with Crippen molar-refractivity contribution in [2.75, 3.05) is 27.0 Å². The maximum absolute atomic E-state index is 13.3. The lowest BCUT2D eigenvalue weighted by atomic mass is 10.1. The number of nitrogens with one attached hydrogen (secondary N) is 1. The monoisotopic (exact) mass is 524 g/mol. The highest BCUT2D eigenvalue weighted by Crippen LogP contribution is 2.18. The fraction of sp³-hybridized carbons (Fsp3) is 0.483. The Labute approximate surface area is 225 Å². The van der Waals surface area contributed by atoms with E-state index in [9.17, 15) is 14.4 Å². The summed E-state index contributed by atoms with van der Waals surface area (Å²) >= 11 is 0. The Kier molecular flexibility index (Phi) is 10.5. The van der Waals surface area contributed by atoms with E-state index in [1.807, 2.05) is 70.5 Å².